The van der Waals surface area contributed by atoms with Gasteiger partial charge in [0, 0.05) is 5.57 Å². The maximum absolute atomic E-state index is 11.7. The summed E-state index contributed by atoms with van der Waals surface area (Å²) in [7, 11) is -1.98. The monoisotopic (exact) mass is 356 g/mol. The van der Waals surface area contributed by atoms with Gasteiger partial charge in [-0.25, -0.2) is 4.79 Å². The zero-order chi connectivity index (χ0) is 17.7. The second kappa shape index (κ2) is 8.35. The van der Waals surface area contributed by atoms with Crippen LogP contribution in [0, 0.1) is 0 Å². The van der Waals surface area contributed by atoms with Crippen LogP contribution in [0.4, 0.5) is 0 Å². The van der Waals surface area contributed by atoms with E-state index in [1.54, 1.807) is 0 Å². The van der Waals surface area contributed by atoms with Gasteiger partial charge in [-0.1, -0.05) is 106 Å². The minimum Gasteiger partial charge on any atom is -0.478 e. The fraction of sp³-hybridized carbons (Fsp3) is 0.591. The lowest BCUT2D eigenvalue weighted by atomic mass is 9.99. The summed E-state index contributed by atoms with van der Waals surface area (Å²) >= 11 is 0. The predicted octanol–water partition coefficient (Wildman–Crippen LogP) is 5.65. The second-order valence-corrected chi connectivity index (χ2v) is 12.8. The fourth-order valence-electron chi connectivity index (χ4n) is 5.61. The van der Waals surface area contributed by atoms with Crippen LogP contribution in [0.1, 0.15) is 64.2 Å². The van der Waals surface area contributed by atoms with Gasteiger partial charge in [0.2, 0.25) is 0 Å². The lowest BCUT2D eigenvalue weighted by Gasteiger charge is -2.48. The molecule has 3 heteroatoms. The molecule has 2 aliphatic rings. The van der Waals surface area contributed by atoms with Crippen molar-refractivity contribution in [3.8, 4) is 0 Å². The molecule has 2 fully saturated rings. The largest absolute Gasteiger partial charge is 0.478 e. The van der Waals surface area contributed by atoms with E-state index in [2.05, 4.69) is 36.9 Å². The van der Waals surface area contributed by atoms with Gasteiger partial charge in [0.25, 0.3) is 0 Å². The zero-order valence-corrected chi connectivity index (χ0v) is 16.4. The number of hydrogen-bond acceptors (Lipinski definition) is 1. The molecule has 0 saturated heterocycles. The van der Waals surface area contributed by atoms with Gasteiger partial charge in [-0.2, -0.15) is 0 Å². The van der Waals surface area contributed by atoms with Crippen molar-refractivity contribution in [3.63, 3.8) is 0 Å². The quantitative estimate of drug-likeness (QED) is 0.528. The van der Waals surface area contributed by atoms with Crippen LogP contribution in [-0.2, 0) is 4.79 Å². The van der Waals surface area contributed by atoms with Gasteiger partial charge in [-0.05, 0) is 17.1 Å². The van der Waals surface area contributed by atoms with Crippen molar-refractivity contribution in [2.24, 2.45) is 0 Å². The zero-order valence-electron chi connectivity index (χ0n) is 15.4. The first-order chi connectivity index (χ1) is 12.1. The first-order valence-corrected chi connectivity index (χ1v) is 12.5. The molecule has 0 radical (unpaired) electrons. The molecule has 0 atom stereocenters. The molecule has 0 heterocycles. The fourth-order valence-corrected chi connectivity index (χ4v) is 12.5. The van der Waals surface area contributed by atoms with E-state index in [-0.39, 0.29) is 0 Å². The molecular formula is C22H32O2Si. The maximum Gasteiger partial charge on any atom is 0.330 e. The SMILES string of the molecule is C=C(C[Si](c1ccccc1)(C1CCCCC1)C1CCCCC1)C(=O)O. The average molecular weight is 357 g/mol. The Morgan fingerprint density at radius 2 is 1.40 bits per heavy atom. The normalized spacial score (nSPS) is 20.3. The molecule has 2 aliphatic carbocycles. The van der Waals surface area contributed by atoms with Gasteiger partial charge >= 0.3 is 5.97 Å². The molecule has 2 saturated carbocycles. The summed E-state index contributed by atoms with van der Waals surface area (Å²) in [5.74, 6) is -0.792. The molecule has 0 aromatic heterocycles. The van der Waals surface area contributed by atoms with Crippen LogP contribution in [0.3, 0.4) is 0 Å². The van der Waals surface area contributed by atoms with Gasteiger partial charge in [0.1, 0.15) is 0 Å². The Balaban J connectivity index is 2.07. The molecule has 0 aliphatic heterocycles. The summed E-state index contributed by atoms with van der Waals surface area (Å²) in [6, 6.07) is 11.8. The third-order valence-corrected chi connectivity index (χ3v) is 13.3. The van der Waals surface area contributed by atoms with E-state index in [9.17, 15) is 9.90 Å². The van der Waals surface area contributed by atoms with Crippen molar-refractivity contribution in [3.05, 3.63) is 42.5 Å². The van der Waals surface area contributed by atoms with Gasteiger partial charge < -0.3 is 5.11 Å². The Labute approximate surface area is 153 Å². The highest BCUT2D eigenvalue weighted by Crippen LogP contribution is 2.50. The van der Waals surface area contributed by atoms with Crippen molar-refractivity contribution in [1.29, 1.82) is 0 Å². The molecule has 1 N–H and O–H groups in total. The van der Waals surface area contributed by atoms with Crippen LogP contribution < -0.4 is 5.19 Å². The topological polar surface area (TPSA) is 37.3 Å². The number of aliphatic carboxylic acids is 1. The van der Waals surface area contributed by atoms with E-state index in [1.165, 1.54) is 69.4 Å². The van der Waals surface area contributed by atoms with Gasteiger partial charge in [0.05, 0.1) is 8.07 Å². The van der Waals surface area contributed by atoms with Crippen molar-refractivity contribution in [1.82, 2.24) is 0 Å². The Morgan fingerprint density at radius 1 is 0.920 bits per heavy atom. The molecule has 2 nitrogen and oxygen atoms in total. The number of carbonyl (C=O) groups is 1. The van der Waals surface area contributed by atoms with Gasteiger partial charge in [-0.15, -0.1) is 0 Å². The minimum atomic E-state index is -1.98. The van der Waals surface area contributed by atoms with E-state index in [1.807, 2.05) is 0 Å². The Morgan fingerprint density at radius 3 is 1.84 bits per heavy atom. The number of hydrogen-bond donors (Lipinski definition) is 1. The van der Waals surface area contributed by atoms with Gasteiger partial charge in [0.15, 0.2) is 0 Å². The number of carboxylic acids is 1. The highest BCUT2D eigenvalue weighted by atomic mass is 28.3. The summed E-state index contributed by atoms with van der Waals surface area (Å²) in [6.07, 6.45) is 13.2. The van der Waals surface area contributed by atoms with Crippen LogP contribution >= 0.6 is 0 Å². The van der Waals surface area contributed by atoms with Crippen molar-refractivity contribution in [2.75, 3.05) is 0 Å². The molecule has 136 valence electrons. The van der Waals surface area contributed by atoms with Crippen molar-refractivity contribution in [2.45, 2.75) is 81.3 Å². The summed E-state index contributed by atoms with van der Waals surface area (Å²) in [4.78, 5) is 11.7. The molecule has 0 unspecified atom stereocenters. The van der Waals surface area contributed by atoms with Gasteiger partial charge in [-0.3, -0.25) is 0 Å². The molecule has 1 aromatic rings. The summed E-state index contributed by atoms with van der Waals surface area (Å²) in [5.41, 5.74) is 1.90. The average Bonchev–Trinajstić information content (AvgIpc) is 2.68. The van der Waals surface area contributed by atoms with Crippen molar-refractivity contribution >= 4 is 19.2 Å². The first kappa shape index (κ1) is 18.4. The highest BCUT2D eigenvalue weighted by Gasteiger charge is 2.49. The molecule has 3 rings (SSSR count). The number of benzene rings is 1. The minimum absolute atomic E-state index is 0.451. The Kier molecular flexibility index (Phi) is 6.16. The summed E-state index contributed by atoms with van der Waals surface area (Å²) in [5, 5.41) is 11.1. The Bertz CT molecular complexity index is 565. The standard InChI is InChI=1S/C22H32O2Si/c1-18(22(23)24)17-25(19-11-5-2-6-12-19,20-13-7-3-8-14-20)21-15-9-4-10-16-21/h2,5-6,11-12,20-21H,1,3-4,7-10,13-17H2,(H,23,24). The van der Waals surface area contributed by atoms with Crippen LogP contribution in [0.2, 0.25) is 17.1 Å². The highest BCUT2D eigenvalue weighted by molar-refractivity contribution is 6.94. The number of rotatable bonds is 6. The van der Waals surface area contributed by atoms with E-state index in [4.69, 9.17) is 0 Å². The van der Waals surface area contributed by atoms with Crippen LogP contribution in [0.15, 0.2) is 42.5 Å². The number of carboxylic acid groups (broad SMARTS) is 1. The third-order valence-electron chi connectivity index (χ3n) is 6.79. The predicted molar refractivity (Wildman–Crippen MR) is 107 cm³/mol. The van der Waals surface area contributed by atoms with Crippen LogP contribution in [0.5, 0.6) is 0 Å². The lowest BCUT2D eigenvalue weighted by molar-refractivity contribution is -0.132. The Hall–Kier alpha value is -1.35. The van der Waals surface area contributed by atoms with Crippen molar-refractivity contribution < 1.29 is 9.90 Å². The van der Waals surface area contributed by atoms with E-state index in [0.717, 1.165) is 17.1 Å². The molecule has 0 amide bonds. The summed E-state index contributed by atoms with van der Waals surface area (Å²) in [6.45, 7) is 3.99. The smallest absolute Gasteiger partial charge is 0.330 e. The lowest BCUT2D eigenvalue weighted by Crippen LogP contribution is -2.57. The molecule has 1 aromatic carbocycles. The molecule has 0 bridgehead atoms. The molecule has 0 spiro atoms. The first-order valence-electron chi connectivity index (χ1n) is 10.1. The molecule has 25 heavy (non-hydrogen) atoms. The maximum atomic E-state index is 11.7. The third kappa shape index (κ3) is 3.92. The van der Waals surface area contributed by atoms with E-state index in [0.29, 0.717) is 5.57 Å². The summed E-state index contributed by atoms with van der Waals surface area (Å²) < 4.78 is 0. The van der Waals surface area contributed by atoms with Crippen LogP contribution in [0.25, 0.3) is 0 Å². The second-order valence-electron chi connectivity index (χ2n) is 8.16. The molecular weight excluding hydrogens is 324 g/mol. The van der Waals surface area contributed by atoms with Crippen LogP contribution in [-0.4, -0.2) is 19.1 Å². The van der Waals surface area contributed by atoms with E-state index >= 15 is 0 Å². The van der Waals surface area contributed by atoms with E-state index < -0.39 is 14.0 Å².